The van der Waals surface area contributed by atoms with E-state index in [-0.39, 0.29) is 0 Å². The Balaban J connectivity index is 2.70. The maximum absolute atomic E-state index is 9.91. The molecular formula is C8H17NO. The third-order valence-electron chi connectivity index (χ3n) is 3.07. The molecule has 1 saturated carbocycles. The number of aliphatic hydroxyl groups is 1. The summed E-state index contributed by atoms with van der Waals surface area (Å²) in [5.74, 6) is 0.764. The maximum Gasteiger partial charge on any atom is 0.0820 e. The topological polar surface area (TPSA) is 46.2 Å². The van der Waals surface area contributed by atoms with Crippen LogP contribution in [0.15, 0.2) is 0 Å². The highest BCUT2D eigenvalue weighted by molar-refractivity contribution is 4.95. The van der Waals surface area contributed by atoms with Crippen LogP contribution in [0, 0.1) is 11.8 Å². The van der Waals surface area contributed by atoms with Crippen LogP contribution in [-0.4, -0.2) is 17.3 Å². The standard InChI is InChI=1S/C8H17NO/c1-6-3-4-7(2)8(6,10)5-9/h6-7,10H,3-5,9H2,1-2H3. The molecule has 3 N–H and O–H groups in total. The van der Waals surface area contributed by atoms with Crippen molar-refractivity contribution in [3.8, 4) is 0 Å². The third-order valence-corrected chi connectivity index (χ3v) is 3.07. The molecule has 0 saturated heterocycles. The first-order valence-electron chi connectivity index (χ1n) is 4.03. The molecule has 0 bridgehead atoms. The predicted octanol–water partition coefficient (Wildman–Crippen LogP) is 0.742. The van der Waals surface area contributed by atoms with Crippen LogP contribution in [0.5, 0.6) is 0 Å². The monoisotopic (exact) mass is 143 g/mol. The first kappa shape index (κ1) is 8.02. The van der Waals surface area contributed by atoms with Gasteiger partial charge >= 0.3 is 0 Å². The number of hydrogen-bond acceptors (Lipinski definition) is 2. The van der Waals surface area contributed by atoms with Gasteiger partial charge in [0, 0.05) is 6.54 Å². The first-order chi connectivity index (χ1) is 4.61. The average molecular weight is 143 g/mol. The Kier molecular flexibility index (Phi) is 2.02. The van der Waals surface area contributed by atoms with E-state index >= 15 is 0 Å². The lowest BCUT2D eigenvalue weighted by Gasteiger charge is -2.30. The summed E-state index contributed by atoms with van der Waals surface area (Å²) in [6.07, 6.45) is 2.24. The van der Waals surface area contributed by atoms with E-state index in [0.717, 1.165) is 12.8 Å². The maximum atomic E-state index is 9.91. The molecule has 0 aromatic rings. The smallest absolute Gasteiger partial charge is 0.0820 e. The Hall–Kier alpha value is -0.0800. The highest BCUT2D eigenvalue weighted by Crippen LogP contribution is 2.39. The van der Waals surface area contributed by atoms with Crippen molar-refractivity contribution in [2.45, 2.75) is 32.3 Å². The van der Waals surface area contributed by atoms with Gasteiger partial charge in [-0.25, -0.2) is 0 Å². The summed E-state index contributed by atoms with van der Waals surface area (Å²) in [5, 5.41) is 9.91. The molecule has 2 unspecified atom stereocenters. The molecule has 2 atom stereocenters. The average Bonchev–Trinajstić information content (AvgIpc) is 2.18. The molecule has 1 rings (SSSR count). The van der Waals surface area contributed by atoms with Gasteiger partial charge in [-0.2, -0.15) is 0 Å². The van der Waals surface area contributed by atoms with Crippen molar-refractivity contribution in [2.75, 3.05) is 6.54 Å². The Labute approximate surface area is 62.4 Å². The summed E-state index contributed by atoms with van der Waals surface area (Å²) < 4.78 is 0. The van der Waals surface area contributed by atoms with E-state index in [1.54, 1.807) is 0 Å². The van der Waals surface area contributed by atoms with E-state index in [1.807, 2.05) is 0 Å². The molecule has 1 fully saturated rings. The quantitative estimate of drug-likeness (QED) is 0.568. The van der Waals surface area contributed by atoms with Crippen molar-refractivity contribution in [2.24, 2.45) is 17.6 Å². The molecular weight excluding hydrogens is 126 g/mol. The van der Waals surface area contributed by atoms with E-state index in [9.17, 15) is 5.11 Å². The largest absolute Gasteiger partial charge is 0.388 e. The van der Waals surface area contributed by atoms with Crippen LogP contribution >= 0.6 is 0 Å². The zero-order valence-corrected chi connectivity index (χ0v) is 6.80. The molecule has 0 aliphatic heterocycles. The van der Waals surface area contributed by atoms with Crippen molar-refractivity contribution in [3.63, 3.8) is 0 Å². The van der Waals surface area contributed by atoms with Crippen molar-refractivity contribution < 1.29 is 5.11 Å². The Morgan fingerprint density at radius 3 is 2.00 bits per heavy atom. The van der Waals surface area contributed by atoms with Gasteiger partial charge in [0.25, 0.3) is 0 Å². The van der Waals surface area contributed by atoms with Gasteiger partial charge in [0.15, 0.2) is 0 Å². The fourth-order valence-corrected chi connectivity index (χ4v) is 1.89. The minimum atomic E-state index is -0.569. The van der Waals surface area contributed by atoms with Gasteiger partial charge in [-0.05, 0) is 24.7 Å². The molecule has 1 aliphatic rings. The summed E-state index contributed by atoms with van der Waals surface area (Å²) in [4.78, 5) is 0. The molecule has 10 heavy (non-hydrogen) atoms. The van der Waals surface area contributed by atoms with Gasteiger partial charge in [0.1, 0.15) is 0 Å². The molecule has 0 spiro atoms. The Morgan fingerprint density at radius 2 is 1.80 bits per heavy atom. The molecule has 0 heterocycles. The Bertz CT molecular complexity index is 114. The summed E-state index contributed by atoms with van der Waals surface area (Å²) in [7, 11) is 0. The van der Waals surface area contributed by atoms with E-state index in [0.29, 0.717) is 18.4 Å². The molecule has 0 aromatic heterocycles. The summed E-state index contributed by atoms with van der Waals surface area (Å²) in [6.45, 7) is 4.57. The summed E-state index contributed by atoms with van der Waals surface area (Å²) in [6, 6.07) is 0. The van der Waals surface area contributed by atoms with Crippen LogP contribution in [0.25, 0.3) is 0 Å². The molecule has 60 valence electrons. The molecule has 1 aliphatic carbocycles. The second-order valence-electron chi connectivity index (χ2n) is 3.57. The highest BCUT2D eigenvalue weighted by atomic mass is 16.3. The van der Waals surface area contributed by atoms with Crippen LogP contribution in [0.2, 0.25) is 0 Å². The minimum absolute atomic E-state index is 0.382. The molecule has 2 nitrogen and oxygen atoms in total. The Morgan fingerprint density at radius 1 is 1.40 bits per heavy atom. The zero-order chi connectivity index (χ0) is 7.78. The van der Waals surface area contributed by atoms with Crippen molar-refractivity contribution in [1.82, 2.24) is 0 Å². The molecule has 0 amide bonds. The fourth-order valence-electron chi connectivity index (χ4n) is 1.89. The van der Waals surface area contributed by atoms with Gasteiger partial charge in [-0.3, -0.25) is 0 Å². The van der Waals surface area contributed by atoms with Crippen LogP contribution in [0.4, 0.5) is 0 Å². The van der Waals surface area contributed by atoms with E-state index in [2.05, 4.69) is 13.8 Å². The number of hydrogen-bond donors (Lipinski definition) is 2. The summed E-state index contributed by atoms with van der Waals surface area (Å²) in [5.41, 5.74) is 4.93. The van der Waals surface area contributed by atoms with Crippen LogP contribution in [-0.2, 0) is 0 Å². The SMILES string of the molecule is CC1CCC(C)C1(O)CN. The second-order valence-corrected chi connectivity index (χ2v) is 3.57. The lowest BCUT2D eigenvalue weighted by molar-refractivity contribution is -0.0162. The van der Waals surface area contributed by atoms with Crippen molar-refractivity contribution in [3.05, 3.63) is 0 Å². The van der Waals surface area contributed by atoms with Crippen LogP contribution < -0.4 is 5.73 Å². The van der Waals surface area contributed by atoms with Crippen molar-refractivity contribution >= 4 is 0 Å². The highest BCUT2D eigenvalue weighted by Gasteiger charge is 2.42. The van der Waals surface area contributed by atoms with E-state index in [4.69, 9.17) is 5.73 Å². The van der Waals surface area contributed by atoms with Gasteiger partial charge in [0.05, 0.1) is 5.60 Å². The third kappa shape index (κ3) is 0.956. The lowest BCUT2D eigenvalue weighted by atomic mass is 9.86. The van der Waals surface area contributed by atoms with Gasteiger partial charge in [-0.1, -0.05) is 13.8 Å². The molecule has 2 heteroatoms. The lowest BCUT2D eigenvalue weighted by Crippen LogP contribution is -2.44. The fraction of sp³-hybridized carbons (Fsp3) is 1.00. The normalized spacial score (nSPS) is 48.0. The van der Waals surface area contributed by atoms with Gasteiger partial charge in [0.2, 0.25) is 0 Å². The van der Waals surface area contributed by atoms with Gasteiger partial charge < -0.3 is 10.8 Å². The number of nitrogens with two attached hydrogens (primary N) is 1. The number of rotatable bonds is 1. The van der Waals surface area contributed by atoms with E-state index in [1.165, 1.54) is 0 Å². The van der Waals surface area contributed by atoms with Crippen LogP contribution in [0.1, 0.15) is 26.7 Å². The minimum Gasteiger partial charge on any atom is -0.388 e. The molecule has 0 radical (unpaired) electrons. The van der Waals surface area contributed by atoms with Crippen LogP contribution in [0.3, 0.4) is 0 Å². The predicted molar refractivity (Wildman–Crippen MR) is 41.6 cm³/mol. The second kappa shape index (κ2) is 2.51. The molecule has 0 aromatic carbocycles. The van der Waals surface area contributed by atoms with Gasteiger partial charge in [-0.15, -0.1) is 0 Å². The zero-order valence-electron chi connectivity index (χ0n) is 6.80. The first-order valence-corrected chi connectivity index (χ1v) is 4.03. The van der Waals surface area contributed by atoms with E-state index < -0.39 is 5.60 Å². The van der Waals surface area contributed by atoms with Crippen molar-refractivity contribution in [1.29, 1.82) is 0 Å². The summed E-state index contributed by atoms with van der Waals surface area (Å²) >= 11 is 0.